The van der Waals surface area contributed by atoms with Crippen LogP contribution in [0.15, 0.2) is 11.0 Å². The van der Waals surface area contributed by atoms with Gasteiger partial charge in [0.1, 0.15) is 12.2 Å². The first-order valence-electron chi connectivity index (χ1n) is 7.78. The van der Waals surface area contributed by atoms with Crippen molar-refractivity contribution in [3.05, 3.63) is 22.5 Å². The van der Waals surface area contributed by atoms with E-state index in [4.69, 9.17) is 24.0 Å². The lowest BCUT2D eigenvalue weighted by Crippen LogP contribution is -2.56. The van der Waals surface area contributed by atoms with Gasteiger partial charge in [-0.2, -0.15) is 4.98 Å². The first-order valence-corrected chi connectivity index (χ1v) is 9.25. The standard InChI is InChI=1S/C13H17F3N3O7P/c1-5(2)25-27(22)23-4-13(11(15)16)8(26-27)7(20)10(24-13)19-3-6(14)9(17)18-12(19)21/h3,5,7-8,10-11,20H,4H2,1-2H3,(H2,17,18,21)/t7-,8+,10-,13-,27?/m1/s1. The van der Waals surface area contributed by atoms with Crippen LogP contribution in [0.4, 0.5) is 19.0 Å². The predicted octanol–water partition coefficient (Wildman–Crippen LogP) is 0.807. The molecular weight excluding hydrogens is 398 g/mol. The quantitative estimate of drug-likeness (QED) is 0.685. The van der Waals surface area contributed by atoms with Gasteiger partial charge in [-0.25, -0.2) is 22.5 Å². The molecule has 0 amide bonds. The lowest BCUT2D eigenvalue weighted by molar-refractivity contribution is -0.208. The minimum Gasteiger partial charge on any atom is -0.386 e. The Labute approximate surface area is 150 Å². The van der Waals surface area contributed by atoms with Crippen molar-refractivity contribution in [1.82, 2.24) is 9.55 Å². The van der Waals surface area contributed by atoms with Crippen molar-refractivity contribution >= 4 is 13.6 Å². The summed E-state index contributed by atoms with van der Waals surface area (Å²) in [6.45, 7) is 2.06. The number of aliphatic hydroxyl groups excluding tert-OH is 1. The van der Waals surface area contributed by atoms with Crippen LogP contribution in [0.5, 0.6) is 0 Å². The molecule has 1 unspecified atom stereocenters. The van der Waals surface area contributed by atoms with E-state index >= 15 is 0 Å². The van der Waals surface area contributed by atoms with E-state index in [1.54, 1.807) is 0 Å². The molecule has 0 aliphatic carbocycles. The summed E-state index contributed by atoms with van der Waals surface area (Å²) in [6.07, 6.45) is -8.98. The van der Waals surface area contributed by atoms with Gasteiger partial charge in [0.2, 0.25) is 0 Å². The zero-order valence-electron chi connectivity index (χ0n) is 14.1. The van der Waals surface area contributed by atoms with Gasteiger partial charge >= 0.3 is 13.5 Å². The first-order chi connectivity index (χ1) is 12.5. The van der Waals surface area contributed by atoms with Gasteiger partial charge in [0.15, 0.2) is 23.5 Å². The Hall–Kier alpha value is -1.50. The zero-order chi connectivity index (χ0) is 20.1. The highest BCUT2D eigenvalue weighted by Gasteiger charge is 2.67. The molecule has 1 aromatic rings. The summed E-state index contributed by atoms with van der Waals surface area (Å²) in [5, 5.41) is 10.4. The van der Waals surface area contributed by atoms with Gasteiger partial charge < -0.3 is 15.6 Å². The highest BCUT2D eigenvalue weighted by atomic mass is 31.2. The summed E-state index contributed by atoms with van der Waals surface area (Å²) >= 11 is 0. The van der Waals surface area contributed by atoms with Gasteiger partial charge in [0.25, 0.3) is 6.43 Å². The van der Waals surface area contributed by atoms with Crippen molar-refractivity contribution in [2.24, 2.45) is 0 Å². The minimum absolute atomic E-state index is 0.455. The number of phosphoric ester groups is 1. The minimum atomic E-state index is -4.28. The summed E-state index contributed by atoms with van der Waals surface area (Å²) in [5.74, 6) is -1.84. The van der Waals surface area contributed by atoms with Crippen molar-refractivity contribution in [3.8, 4) is 0 Å². The van der Waals surface area contributed by atoms with E-state index in [0.717, 1.165) is 0 Å². The maximum Gasteiger partial charge on any atom is 0.475 e. The van der Waals surface area contributed by atoms with Crippen LogP contribution in [-0.4, -0.2) is 51.6 Å². The number of aliphatic hydroxyl groups is 1. The predicted molar refractivity (Wildman–Crippen MR) is 82.4 cm³/mol. The van der Waals surface area contributed by atoms with E-state index in [9.17, 15) is 27.6 Å². The summed E-state index contributed by atoms with van der Waals surface area (Å²) in [6, 6.07) is 0. The van der Waals surface area contributed by atoms with E-state index in [1.807, 2.05) is 0 Å². The molecule has 2 aliphatic heterocycles. The molecular formula is C13H17F3N3O7P. The number of phosphoric acid groups is 1. The normalized spacial score (nSPS) is 36.4. The molecule has 152 valence electrons. The van der Waals surface area contributed by atoms with Crippen LogP contribution >= 0.6 is 7.82 Å². The van der Waals surface area contributed by atoms with E-state index < -0.39 is 68.3 Å². The van der Waals surface area contributed by atoms with Crippen LogP contribution < -0.4 is 11.4 Å². The van der Waals surface area contributed by atoms with Gasteiger partial charge in [-0.05, 0) is 13.8 Å². The molecule has 3 heterocycles. The number of nitrogens with two attached hydrogens (primary N) is 1. The molecule has 3 N–H and O–H groups in total. The van der Waals surface area contributed by atoms with Crippen LogP contribution in [0.1, 0.15) is 20.1 Å². The third-order valence-electron chi connectivity index (χ3n) is 4.03. The van der Waals surface area contributed by atoms with E-state index in [1.165, 1.54) is 13.8 Å². The molecule has 0 radical (unpaired) electrons. The van der Waals surface area contributed by atoms with Crippen molar-refractivity contribution in [3.63, 3.8) is 0 Å². The van der Waals surface area contributed by atoms with E-state index in [-0.39, 0.29) is 0 Å². The second-order valence-electron chi connectivity index (χ2n) is 6.32. The second-order valence-corrected chi connectivity index (χ2v) is 7.89. The van der Waals surface area contributed by atoms with Crippen LogP contribution in [0, 0.1) is 5.82 Å². The lowest BCUT2D eigenvalue weighted by atomic mass is 9.96. The van der Waals surface area contributed by atoms with Gasteiger partial charge in [0.05, 0.1) is 18.9 Å². The maximum absolute atomic E-state index is 13.8. The Balaban J connectivity index is 2.00. The van der Waals surface area contributed by atoms with Crippen LogP contribution in [-0.2, 0) is 22.9 Å². The molecule has 0 bridgehead atoms. The summed E-state index contributed by atoms with van der Waals surface area (Å²) in [4.78, 5) is 15.1. The third kappa shape index (κ3) is 3.39. The molecule has 3 rings (SSSR count). The molecule has 2 fully saturated rings. The third-order valence-corrected chi connectivity index (χ3v) is 5.64. The molecule has 0 saturated carbocycles. The highest BCUT2D eigenvalue weighted by molar-refractivity contribution is 7.48. The van der Waals surface area contributed by atoms with E-state index in [2.05, 4.69) is 4.98 Å². The van der Waals surface area contributed by atoms with Crippen molar-refractivity contribution in [2.45, 2.75) is 50.4 Å². The number of nitrogen functional groups attached to an aromatic ring is 1. The molecule has 10 nitrogen and oxygen atoms in total. The second kappa shape index (κ2) is 6.83. The number of fused-ring (bicyclic) bond motifs is 1. The number of aromatic nitrogens is 2. The van der Waals surface area contributed by atoms with Gasteiger partial charge in [-0.1, -0.05) is 0 Å². The zero-order valence-corrected chi connectivity index (χ0v) is 15.0. The number of nitrogens with zero attached hydrogens (tertiary/aromatic N) is 2. The number of ether oxygens (including phenoxy) is 1. The van der Waals surface area contributed by atoms with Crippen LogP contribution in [0.2, 0.25) is 0 Å². The molecule has 2 aliphatic rings. The van der Waals surface area contributed by atoms with Gasteiger partial charge in [-0.3, -0.25) is 18.1 Å². The summed E-state index contributed by atoms with van der Waals surface area (Å²) in [5.41, 5.74) is 1.47. The SMILES string of the molecule is CC(C)OP1(=O)OC[C@@]2(C(F)F)O[C@@H](n3cc(F)c(N)nc3=O)[C@H](O)[C@@H]2O1. The fourth-order valence-corrected chi connectivity index (χ4v) is 4.46. The smallest absolute Gasteiger partial charge is 0.386 e. The Morgan fingerprint density at radius 3 is 2.78 bits per heavy atom. The van der Waals surface area contributed by atoms with Crippen molar-refractivity contribution in [1.29, 1.82) is 0 Å². The van der Waals surface area contributed by atoms with Gasteiger partial charge in [0, 0.05) is 0 Å². The molecule has 27 heavy (non-hydrogen) atoms. The Bertz CT molecular complexity index is 838. The van der Waals surface area contributed by atoms with Gasteiger partial charge in [-0.15, -0.1) is 0 Å². The molecule has 0 aromatic carbocycles. The monoisotopic (exact) mass is 415 g/mol. The molecule has 5 atom stereocenters. The average molecular weight is 415 g/mol. The first kappa shape index (κ1) is 20.2. The molecule has 2 saturated heterocycles. The number of hydrogen-bond donors (Lipinski definition) is 2. The van der Waals surface area contributed by atoms with Crippen molar-refractivity contribution in [2.75, 3.05) is 12.3 Å². The number of rotatable bonds is 4. The lowest BCUT2D eigenvalue weighted by Gasteiger charge is -2.39. The fraction of sp³-hybridized carbons (Fsp3) is 0.692. The van der Waals surface area contributed by atoms with Crippen molar-refractivity contribution < 1.29 is 41.2 Å². The Morgan fingerprint density at radius 1 is 1.52 bits per heavy atom. The maximum atomic E-state index is 13.8. The number of hydrogen-bond acceptors (Lipinski definition) is 9. The molecule has 1 aromatic heterocycles. The van der Waals surface area contributed by atoms with E-state index in [0.29, 0.717) is 10.8 Å². The topological polar surface area (TPSA) is 135 Å². The summed E-state index contributed by atoms with van der Waals surface area (Å²) in [7, 11) is -4.28. The number of halogens is 3. The number of alkyl halides is 2. The molecule has 0 spiro atoms. The molecule has 14 heteroatoms. The number of anilines is 1. The Kier molecular flexibility index (Phi) is 5.12. The highest BCUT2D eigenvalue weighted by Crippen LogP contribution is 2.61. The Morgan fingerprint density at radius 2 is 2.19 bits per heavy atom. The van der Waals surface area contributed by atoms with Crippen LogP contribution in [0.25, 0.3) is 0 Å². The fourth-order valence-electron chi connectivity index (χ4n) is 2.83. The van der Waals surface area contributed by atoms with Crippen LogP contribution in [0.3, 0.4) is 0 Å². The average Bonchev–Trinajstić information content (AvgIpc) is 2.84. The summed E-state index contributed by atoms with van der Waals surface area (Å²) < 4.78 is 74.2. The largest absolute Gasteiger partial charge is 0.475 e.